The van der Waals surface area contributed by atoms with Gasteiger partial charge in [-0.05, 0) is 13.0 Å². The highest BCUT2D eigenvalue weighted by Crippen LogP contribution is 2.09. The highest BCUT2D eigenvalue weighted by atomic mass is 19.3. The van der Waals surface area contributed by atoms with Gasteiger partial charge in [0.15, 0.2) is 0 Å². The van der Waals surface area contributed by atoms with Crippen LogP contribution >= 0.6 is 0 Å². The first-order chi connectivity index (χ1) is 8.93. The zero-order valence-corrected chi connectivity index (χ0v) is 10.1. The van der Waals surface area contributed by atoms with Crippen molar-refractivity contribution in [2.45, 2.75) is 12.8 Å². The van der Waals surface area contributed by atoms with E-state index in [0.29, 0.717) is 0 Å². The first-order valence-electron chi connectivity index (χ1n) is 5.47. The van der Waals surface area contributed by atoms with Crippen LogP contribution in [0.2, 0.25) is 0 Å². The minimum atomic E-state index is -3.15. The summed E-state index contributed by atoms with van der Waals surface area (Å²) in [6, 6.07) is 1.69. The van der Waals surface area contributed by atoms with Crippen LogP contribution in [0.5, 0.6) is 0 Å². The maximum Gasteiger partial charge on any atom is 0.291 e. The number of aryl methyl sites for hydroxylation is 1. The molecule has 0 saturated heterocycles. The number of carbonyl (C=O) groups is 1. The first-order valence-corrected chi connectivity index (χ1v) is 5.47. The smallest absolute Gasteiger partial charge is 0.291 e. The summed E-state index contributed by atoms with van der Waals surface area (Å²) in [5, 5.41) is 5.93. The second-order valence-corrected chi connectivity index (χ2v) is 3.98. The third kappa shape index (κ3) is 2.81. The van der Waals surface area contributed by atoms with E-state index in [1.165, 1.54) is 10.7 Å². The van der Waals surface area contributed by atoms with Crippen LogP contribution in [0.25, 0.3) is 5.78 Å². The average molecular weight is 270 g/mol. The lowest BCUT2D eigenvalue weighted by molar-refractivity contribution is 0.0117. The Morgan fingerprint density at radius 2 is 2.32 bits per heavy atom. The summed E-state index contributed by atoms with van der Waals surface area (Å²) in [4.78, 5) is 19.4. The van der Waals surface area contributed by atoms with Crippen LogP contribution in [0, 0.1) is 6.92 Å². The van der Waals surface area contributed by atoms with Gasteiger partial charge in [0.05, 0.1) is 13.1 Å². The third-order valence-corrected chi connectivity index (χ3v) is 2.44. The zero-order valence-electron chi connectivity index (χ0n) is 10.1. The molecule has 9 heteroatoms. The van der Waals surface area contributed by atoms with E-state index in [0.717, 1.165) is 5.69 Å². The van der Waals surface area contributed by atoms with Crippen LogP contribution in [0.4, 0.5) is 8.78 Å². The highest BCUT2D eigenvalue weighted by Gasteiger charge is 2.28. The molecular weight excluding hydrogens is 258 g/mol. The van der Waals surface area contributed by atoms with E-state index in [1.807, 2.05) is 5.32 Å². The number of carbonyl (C=O) groups excluding carboxylic acids is 1. The van der Waals surface area contributed by atoms with Crippen molar-refractivity contribution in [2.75, 3.05) is 13.1 Å². The Morgan fingerprint density at radius 3 is 2.95 bits per heavy atom. The number of halogens is 2. The van der Waals surface area contributed by atoms with Crippen molar-refractivity contribution in [3.8, 4) is 0 Å². The van der Waals surface area contributed by atoms with E-state index in [1.54, 1.807) is 13.0 Å². The Balaban J connectivity index is 2.16. The molecule has 2 rings (SSSR count). The summed E-state index contributed by atoms with van der Waals surface area (Å²) in [7, 11) is 0. The zero-order chi connectivity index (χ0) is 14.0. The molecule has 2 heterocycles. The second kappa shape index (κ2) is 4.84. The maximum atomic E-state index is 12.9. The van der Waals surface area contributed by atoms with Gasteiger partial charge in [-0.25, -0.2) is 18.3 Å². The number of rotatable bonds is 4. The number of aromatic nitrogens is 4. The molecule has 3 N–H and O–H groups in total. The molecule has 0 atom stereocenters. The van der Waals surface area contributed by atoms with E-state index >= 15 is 0 Å². The molecule has 0 bridgehead atoms. The molecule has 0 fully saturated rings. The number of nitrogens with two attached hydrogens (primary N) is 1. The molecular formula is C10H12F2N6O. The summed E-state index contributed by atoms with van der Waals surface area (Å²) in [6.45, 7) is 0.0600. The SMILES string of the molecule is Cc1ccnc2nc(C(=O)NCC(F)(F)CN)nn12. The fourth-order valence-corrected chi connectivity index (χ4v) is 1.36. The van der Waals surface area contributed by atoms with Gasteiger partial charge in [-0.1, -0.05) is 0 Å². The average Bonchev–Trinajstić information content (AvgIpc) is 2.81. The van der Waals surface area contributed by atoms with E-state index in [-0.39, 0.29) is 11.6 Å². The predicted molar refractivity (Wildman–Crippen MR) is 61.9 cm³/mol. The maximum absolute atomic E-state index is 12.9. The van der Waals surface area contributed by atoms with Gasteiger partial charge in [0.2, 0.25) is 5.82 Å². The Bertz CT molecular complexity index is 611. The standard InChI is InChI=1S/C10H12F2N6O/c1-6-2-3-14-9-16-7(17-18(6)9)8(19)15-5-10(11,12)4-13/h2-3H,4-5,13H2,1H3,(H,15,19). The number of nitrogens with zero attached hydrogens (tertiary/aromatic N) is 4. The predicted octanol–water partition coefficient (Wildman–Crippen LogP) is -0.243. The lowest BCUT2D eigenvalue weighted by atomic mass is 10.3. The highest BCUT2D eigenvalue weighted by molar-refractivity contribution is 5.90. The Hall–Kier alpha value is -2.16. The van der Waals surface area contributed by atoms with E-state index < -0.39 is 24.9 Å². The molecule has 102 valence electrons. The van der Waals surface area contributed by atoms with Gasteiger partial charge in [-0.15, -0.1) is 5.10 Å². The van der Waals surface area contributed by atoms with E-state index in [2.05, 4.69) is 15.1 Å². The van der Waals surface area contributed by atoms with Gasteiger partial charge < -0.3 is 11.1 Å². The van der Waals surface area contributed by atoms with E-state index in [9.17, 15) is 13.6 Å². The molecule has 0 spiro atoms. The van der Waals surface area contributed by atoms with Gasteiger partial charge >= 0.3 is 0 Å². The summed E-state index contributed by atoms with van der Waals surface area (Å²) in [6.07, 6.45) is 1.52. The normalized spacial score (nSPS) is 11.8. The molecule has 2 aromatic rings. The number of amides is 1. The summed E-state index contributed by atoms with van der Waals surface area (Å²) >= 11 is 0. The minimum Gasteiger partial charge on any atom is -0.343 e. The van der Waals surface area contributed by atoms with Crippen LogP contribution in [0.15, 0.2) is 12.3 Å². The number of hydrogen-bond donors (Lipinski definition) is 2. The van der Waals surface area contributed by atoms with Crippen molar-refractivity contribution in [1.82, 2.24) is 24.9 Å². The van der Waals surface area contributed by atoms with Crippen LogP contribution < -0.4 is 11.1 Å². The number of nitrogens with one attached hydrogen (secondary N) is 1. The van der Waals surface area contributed by atoms with Crippen molar-refractivity contribution in [1.29, 1.82) is 0 Å². The van der Waals surface area contributed by atoms with Crippen LogP contribution in [-0.4, -0.2) is 44.5 Å². The quantitative estimate of drug-likeness (QED) is 0.798. The summed E-state index contributed by atoms with van der Waals surface area (Å²) in [5.74, 6) is -3.92. The monoisotopic (exact) mass is 270 g/mol. The van der Waals surface area contributed by atoms with Crippen LogP contribution in [0.3, 0.4) is 0 Å². The largest absolute Gasteiger partial charge is 0.343 e. The number of fused-ring (bicyclic) bond motifs is 1. The fourth-order valence-electron chi connectivity index (χ4n) is 1.36. The topological polar surface area (TPSA) is 98.2 Å². The first kappa shape index (κ1) is 13.3. The molecule has 0 aromatic carbocycles. The van der Waals surface area contributed by atoms with Crippen LogP contribution in [0.1, 0.15) is 16.3 Å². The van der Waals surface area contributed by atoms with Crippen LogP contribution in [-0.2, 0) is 0 Å². The lowest BCUT2D eigenvalue weighted by Crippen LogP contribution is -2.41. The fraction of sp³-hybridized carbons (Fsp3) is 0.400. The molecule has 1 amide bonds. The second-order valence-electron chi connectivity index (χ2n) is 3.98. The lowest BCUT2D eigenvalue weighted by Gasteiger charge is -2.13. The molecule has 0 aliphatic carbocycles. The van der Waals surface area contributed by atoms with Gasteiger partial charge in [-0.3, -0.25) is 4.79 Å². The summed E-state index contributed by atoms with van der Waals surface area (Å²) < 4.78 is 27.2. The number of hydrogen-bond acceptors (Lipinski definition) is 5. The molecule has 7 nitrogen and oxygen atoms in total. The molecule has 0 aliphatic rings. The van der Waals surface area contributed by atoms with Crippen molar-refractivity contribution in [2.24, 2.45) is 5.73 Å². The Kier molecular flexibility index (Phi) is 3.38. The molecule has 2 aromatic heterocycles. The molecule has 0 saturated carbocycles. The van der Waals surface area contributed by atoms with Gasteiger partial charge in [0.25, 0.3) is 17.6 Å². The van der Waals surface area contributed by atoms with Crippen molar-refractivity contribution < 1.29 is 13.6 Å². The van der Waals surface area contributed by atoms with Crippen molar-refractivity contribution in [3.63, 3.8) is 0 Å². The van der Waals surface area contributed by atoms with Gasteiger partial charge in [0.1, 0.15) is 0 Å². The van der Waals surface area contributed by atoms with Gasteiger partial charge in [0, 0.05) is 11.9 Å². The number of alkyl halides is 2. The molecule has 0 unspecified atom stereocenters. The Labute approximate surface area is 106 Å². The van der Waals surface area contributed by atoms with Crippen molar-refractivity contribution in [3.05, 3.63) is 23.8 Å². The van der Waals surface area contributed by atoms with Crippen molar-refractivity contribution >= 4 is 11.7 Å². The minimum absolute atomic E-state index is 0.213. The molecule has 0 aliphatic heterocycles. The van der Waals surface area contributed by atoms with E-state index in [4.69, 9.17) is 5.73 Å². The molecule has 0 radical (unpaired) electrons. The van der Waals surface area contributed by atoms with Gasteiger partial charge in [-0.2, -0.15) is 4.98 Å². The molecule has 19 heavy (non-hydrogen) atoms. The summed E-state index contributed by atoms with van der Waals surface area (Å²) in [5.41, 5.74) is 5.59. The third-order valence-electron chi connectivity index (χ3n) is 2.44. The Morgan fingerprint density at radius 1 is 1.58 bits per heavy atom.